The number of rotatable bonds is 4. The van der Waals surface area contributed by atoms with Crippen LogP contribution >= 0.6 is 12.4 Å². The molecule has 0 saturated carbocycles. The van der Waals surface area contributed by atoms with Gasteiger partial charge < -0.3 is 20.3 Å². The molecule has 0 aromatic heterocycles. The van der Waals surface area contributed by atoms with Crippen molar-refractivity contribution in [1.82, 2.24) is 10.2 Å². The van der Waals surface area contributed by atoms with Crippen molar-refractivity contribution in [1.29, 1.82) is 0 Å². The largest absolute Gasteiger partial charge is 0.467 e. The molecule has 2 N–H and O–H groups in total. The van der Waals surface area contributed by atoms with E-state index in [1.54, 1.807) is 29.2 Å². The number of piperidine rings is 1. The number of hydrogen-bond acceptors (Lipinski definition) is 5. The Bertz CT molecular complexity index is 691. The molecule has 0 aliphatic carbocycles. The zero-order valence-electron chi connectivity index (χ0n) is 15.4. The number of amides is 2. The summed E-state index contributed by atoms with van der Waals surface area (Å²) < 4.78 is 4.84. The summed E-state index contributed by atoms with van der Waals surface area (Å²) in [5.41, 5.74) is 1.06. The number of nitrogens with zero attached hydrogens (tertiary/aromatic N) is 1. The highest BCUT2D eigenvalue weighted by Gasteiger charge is 2.33. The average molecular weight is 396 g/mol. The summed E-state index contributed by atoms with van der Waals surface area (Å²) in [4.78, 5) is 38.8. The van der Waals surface area contributed by atoms with E-state index in [1.165, 1.54) is 7.11 Å². The van der Waals surface area contributed by atoms with Gasteiger partial charge in [0.25, 0.3) is 5.91 Å². The van der Waals surface area contributed by atoms with E-state index >= 15 is 0 Å². The molecule has 7 nitrogen and oxygen atoms in total. The van der Waals surface area contributed by atoms with Gasteiger partial charge in [0.15, 0.2) is 0 Å². The third-order valence-corrected chi connectivity index (χ3v) is 5.05. The molecule has 2 amide bonds. The first-order chi connectivity index (χ1) is 12.6. The van der Waals surface area contributed by atoms with Crippen molar-refractivity contribution >= 4 is 35.9 Å². The van der Waals surface area contributed by atoms with Crippen LogP contribution in [-0.4, -0.2) is 55.5 Å². The van der Waals surface area contributed by atoms with Gasteiger partial charge in [0.1, 0.15) is 6.04 Å². The molecule has 2 saturated heterocycles. The van der Waals surface area contributed by atoms with E-state index in [0.29, 0.717) is 30.8 Å². The van der Waals surface area contributed by atoms with E-state index in [0.717, 1.165) is 25.8 Å². The van der Waals surface area contributed by atoms with Crippen LogP contribution in [0.15, 0.2) is 24.3 Å². The van der Waals surface area contributed by atoms with Gasteiger partial charge in [-0.3, -0.25) is 9.59 Å². The van der Waals surface area contributed by atoms with Crippen LogP contribution in [-0.2, 0) is 14.3 Å². The minimum absolute atomic E-state index is 0. The molecule has 1 aromatic carbocycles. The van der Waals surface area contributed by atoms with Crippen LogP contribution in [0.5, 0.6) is 0 Å². The number of esters is 1. The molecule has 2 heterocycles. The summed E-state index contributed by atoms with van der Waals surface area (Å²) in [5, 5.41) is 6.05. The fourth-order valence-electron chi connectivity index (χ4n) is 3.57. The number of nitrogens with one attached hydrogen (secondary N) is 2. The molecule has 2 aliphatic heterocycles. The number of halogens is 1. The Kier molecular flexibility index (Phi) is 7.62. The zero-order valence-corrected chi connectivity index (χ0v) is 16.2. The molecule has 3 rings (SSSR count). The van der Waals surface area contributed by atoms with E-state index in [-0.39, 0.29) is 36.1 Å². The minimum atomic E-state index is -0.538. The van der Waals surface area contributed by atoms with Crippen LogP contribution in [0, 0.1) is 5.92 Å². The van der Waals surface area contributed by atoms with Gasteiger partial charge in [-0.2, -0.15) is 0 Å². The van der Waals surface area contributed by atoms with Gasteiger partial charge in [0.05, 0.1) is 13.0 Å². The number of benzene rings is 1. The van der Waals surface area contributed by atoms with E-state index in [4.69, 9.17) is 4.74 Å². The van der Waals surface area contributed by atoms with Crippen LogP contribution in [0.2, 0.25) is 0 Å². The average Bonchev–Trinajstić information content (AvgIpc) is 3.22. The fourth-order valence-corrected chi connectivity index (χ4v) is 3.57. The Labute approximate surface area is 165 Å². The molecule has 0 bridgehead atoms. The smallest absolute Gasteiger partial charge is 0.328 e. The van der Waals surface area contributed by atoms with Crippen molar-refractivity contribution in [3.63, 3.8) is 0 Å². The second-order valence-corrected chi connectivity index (χ2v) is 6.79. The van der Waals surface area contributed by atoms with Crippen molar-refractivity contribution in [2.45, 2.75) is 31.7 Å². The lowest BCUT2D eigenvalue weighted by Gasteiger charge is -2.33. The van der Waals surface area contributed by atoms with Gasteiger partial charge in [0, 0.05) is 24.3 Å². The molecule has 8 heteroatoms. The summed E-state index contributed by atoms with van der Waals surface area (Å²) in [6.45, 7) is 2.06. The predicted molar refractivity (Wildman–Crippen MR) is 104 cm³/mol. The molecular weight excluding hydrogens is 370 g/mol. The standard InChI is InChI=1S/C19H25N3O4.ClH/c1-26-19(25)16-7-2-3-10-22(16)18(24)13-5-4-6-15(11-13)21-17(23)14-8-9-20-12-14;/h4-6,11,14,16,20H,2-3,7-10,12H2,1H3,(H,21,23);1H. The molecule has 1 aromatic rings. The van der Waals surface area contributed by atoms with Gasteiger partial charge in [0.2, 0.25) is 5.91 Å². The topological polar surface area (TPSA) is 87.7 Å². The molecule has 27 heavy (non-hydrogen) atoms. The Morgan fingerprint density at radius 2 is 2.04 bits per heavy atom. The second-order valence-electron chi connectivity index (χ2n) is 6.79. The van der Waals surface area contributed by atoms with Crippen LogP contribution in [0.4, 0.5) is 5.69 Å². The van der Waals surface area contributed by atoms with Gasteiger partial charge in [-0.05, 0) is 50.4 Å². The molecule has 2 atom stereocenters. The maximum Gasteiger partial charge on any atom is 0.328 e. The van der Waals surface area contributed by atoms with Crippen molar-refractivity contribution in [2.75, 3.05) is 32.1 Å². The third kappa shape index (κ3) is 4.99. The lowest BCUT2D eigenvalue weighted by Crippen LogP contribution is -2.48. The predicted octanol–water partition coefficient (Wildman–Crippen LogP) is 1.82. The summed E-state index contributed by atoms with van der Waals surface area (Å²) in [6.07, 6.45) is 3.20. The van der Waals surface area contributed by atoms with Crippen LogP contribution < -0.4 is 10.6 Å². The van der Waals surface area contributed by atoms with Crippen molar-refractivity contribution < 1.29 is 19.1 Å². The molecule has 2 fully saturated rings. The fraction of sp³-hybridized carbons (Fsp3) is 0.526. The zero-order chi connectivity index (χ0) is 18.5. The quantitative estimate of drug-likeness (QED) is 0.759. The summed E-state index contributed by atoms with van der Waals surface area (Å²) in [7, 11) is 1.34. The van der Waals surface area contributed by atoms with E-state index in [2.05, 4.69) is 10.6 Å². The Hall–Kier alpha value is -2.12. The Morgan fingerprint density at radius 3 is 2.74 bits per heavy atom. The summed E-state index contributed by atoms with van der Waals surface area (Å²) in [6, 6.07) is 6.35. The van der Waals surface area contributed by atoms with E-state index in [9.17, 15) is 14.4 Å². The van der Waals surface area contributed by atoms with Crippen LogP contribution in [0.25, 0.3) is 0 Å². The third-order valence-electron chi connectivity index (χ3n) is 5.05. The van der Waals surface area contributed by atoms with Gasteiger partial charge in [-0.15, -0.1) is 12.4 Å². The first-order valence-corrected chi connectivity index (χ1v) is 9.10. The number of carbonyl (C=O) groups is 3. The maximum atomic E-state index is 12.9. The highest BCUT2D eigenvalue weighted by Crippen LogP contribution is 2.22. The molecular formula is C19H26ClN3O4. The number of carbonyl (C=O) groups excluding carboxylic acids is 3. The molecule has 2 aliphatic rings. The van der Waals surface area contributed by atoms with Crippen LogP contribution in [0.1, 0.15) is 36.0 Å². The number of likely N-dealkylation sites (tertiary alicyclic amines) is 1. The Morgan fingerprint density at radius 1 is 1.22 bits per heavy atom. The molecule has 0 spiro atoms. The molecule has 2 unspecified atom stereocenters. The normalized spacial score (nSPS) is 21.9. The lowest BCUT2D eigenvalue weighted by atomic mass is 10.0. The lowest BCUT2D eigenvalue weighted by molar-refractivity contribution is -0.147. The van der Waals surface area contributed by atoms with Gasteiger partial charge in [-0.25, -0.2) is 4.79 Å². The highest BCUT2D eigenvalue weighted by atomic mass is 35.5. The van der Waals surface area contributed by atoms with E-state index in [1.807, 2.05) is 0 Å². The first-order valence-electron chi connectivity index (χ1n) is 9.10. The summed E-state index contributed by atoms with van der Waals surface area (Å²) >= 11 is 0. The van der Waals surface area contributed by atoms with Crippen molar-refractivity contribution in [2.24, 2.45) is 5.92 Å². The first kappa shape index (κ1) is 21.2. The van der Waals surface area contributed by atoms with Crippen molar-refractivity contribution in [3.8, 4) is 0 Å². The molecule has 148 valence electrons. The monoisotopic (exact) mass is 395 g/mol. The van der Waals surface area contributed by atoms with Gasteiger partial charge in [-0.1, -0.05) is 6.07 Å². The van der Waals surface area contributed by atoms with Crippen LogP contribution in [0.3, 0.4) is 0 Å². The van der Waals surface area contributed by atoms with Gasteiger partial charge >= 0.3 is 5.97 Å². The number of hydrogen-bond donors (Lipinski definition) is 2. The maximum absolute atomic E-state index is 12.9. The molecule has 0 radical (unpaired) electrons. The SMILES string of the molecule is COC(=O)C1CCCCN1C(=O)c1cccc(NC(=O)C2CCNC2)c1.Cl. The van der Waals surface area contributed by atoms with E-state index < -0.39 is 6.04 Å². The highest BCUT2D eigenvalue weighted by molar-refractivity contribution is 5.99. The summed E-state index contributed by atoms with van der Waals surface area (Å²) in [5.74, 6) is -0.667. The number of anilines is 1. The minimum Gasteiger partial charge on any atom is -0.467 e. The Balaban J connectivity index is 0.00000261. The number of ether oxygens (including phenoxy) is 1. The van der Waals surface area contributed by atoms with Crippen molar-refractivity contribution in [3.05, 3.63) is 29.8 Å². The number of methoxy groups -OCH3 is 1. The second kappa shape index (κ2) is 9.71.